The van der Waals surface area contributed by atoms with Gasteiger partial charge in [0.2, 0.25) is 0 Å². The Morgan fingerprint density at radius 1 is 1.29 bits per heavy atom. The highest BCUT2D eigenvalue weighted by Crippen LogP contribution is 2.45. The molecule has 1 aliphatic heterocycles. The second-order valence-corrected chi connectivity index (χ2v) is 4.60. The first-order valence-corrected chi connectivity index (χ1v) is 6.03. The van der Waals surface area contributed by atoms with Crippen LogP contribution in [0.25, 0.3) is 10.8 Å². The molecule has 1 heterocycles. The topological polar surface area (TPSA) is 52.5 Å². The van der Waals surface area contributed by atoms with Crippen molar-refractivity contribution >= 4 is 28.1 Å². The van der Waals surface area contributed by atoms with Gasteiger partial charge >= 0.3 is 0 Å². The lowest BCUT2D eigenvalue weighted by Gasteiger charge is -2.12. The van der Waals surface area contributed by atoms with E-state index in [0.717, 1.165) is 17.8 Å². The number of phenols is 2. The molecule has 2 aromatic carbocycles. The van der Waals surface area contributed by atoms with Gasteiger partial charge in [0.15, 0.2) is 0 Å². The minimum Gasteiger partial charge on any atom is -0.507 e. The van der Waals surface area contributed by atoms with Gasteiger partial charge in [-0.25, -0.2) is 0 Å². The average molecular weight is 250 g/mol. The van der Waals surface area contributed by atoms with Crippen LogP contribution in [0, 0.1) is 0 Å². The van der Waals surface area contributed by atoms with E-state index in [9.17, 15) is 10.2 Å². The fraction of sp³-hybridized carbons (Fsp3) is 0.231. The first kappa shape index (κ1) is 10.5. The number of benzene rings is 2. The Kier molecular flexibility index (Phi) is 2.30. The summed E-state index contributed by atoms with van der Waals surface area (Å²) in [7, 11) is 0. The van der Waals surface area contributed by atoms with Crippen molar-refractivity contribution in [3.05, 3.63) is 29.8 Å². The maximum absolute atomic E-state index is 9.99. The molecule has 0 fully saturated rings. The minimum atomic E-state index is 0.170. The summed E-state index contributed by atoms with van der Waals surface area (Å²) in [6, 6.07) is 6.85. The molecular weight excluding hydrogens is 238 g/mol. The summed E-state index contributed by atoms with van der Waals surface area (Å²) in [5, 5.41) is 24.5. The van der Waals surface area contributed by atoms with Gasteiger partial charge in [-0.05, 0) is 11.6 Å². The van der Waals surface area contributed by atoms with Crippen molar-refractivity contribution in [3.63, 3.8) is 0 Å². The molecule has 0 spiro atoms. The number of halogens is 1. The second kappa shape index (κ2) is 3.70. The molecule has 0 bridgehead atoms. The number of phenolic OH excluding ortho intramolecular Hbond substituents is 2. The van der Waals surface area contributed by atoms with Crippen LogP contribution in [0.2, 0.25) is 0 Å². The van der Waals surface area contributed by atoms with Crippen LogP contribution in [0.15, 0.2) is 24.3 Å². The molecule has 1 aliphatic rings. The van der Waals surface area contributed by atoms with Gasteiger partial charge in [-0.1, -0.05) is 12.1 Å². The predicted molar refractivity (Wildman–Crippen MR) is 69.2 cm³/mol. The highest BCUT2D eigenvalue weighted by Gasteiger charge is 2.26. The molecule has 0 saturated carbocycles. The molecule has 3 rings (SSSR count). The Hall–Kier alpha value is -1.61. The van der Waals surface area contributed by atoms with Crippen LogP contribution >= 0.6 is 11.6 Å². The fourth-order valence-electron chi connectivity index (χ4n) is 2.50. The first-order chi connectivity index (χ1) is 8.22. The average Bonchev–Trinajstić information content (AvgIpc) is 2.72. The van der Waals surface area contributed by atoms with E-state index in [1.165, 1.54) is 0 Å². The van der Waals surface area contributed by atoms with E-state index in [1.54, 1.807) is 24.3 Å². The molecule has 2 aromatic rings. The van der Waals surface area contributed by atoms with Gasteiger partial charge < -0.3 is 15.5 Å². The summed E-state index contributed by atoms with van der Waals surface area (Å²) in [5.74, 6) is 1.03. The Morgan fingerprint density at radius 3 is 2.88 bits per heavy atom. The highest BCUT2D eigenvalue weighted by atomic mass is 35.5. The van der Waals surface area contributed by atoms with E-state index in [4.69, 9.17) is 11.6 Å². The fourth-order valence-corrected chi connectivity index (χ4v) is 2.76. The van der Waals surface area contributed by atoms with Crippen molar-refractivity contribution in [2.45, 2.75) is 5.92 Å². The molecular formula is C13H12ClNO2. The van der Waals surface area contributed by atoms with Crippen molar-refractivity contribution in [3.8, 4) is 11.5 Å². The van der Waals surface area contributed by atoms with E-state index in [1.807, 2.05) is 0 Å². The standard InChI is InChI=1S/C13H12ClNO2/c14-5-7-6-15-9-4-11(17)8-2-1-3-10(16)13(8)12(7)9/h1-4,7,15-17H,5-6H2. The summed E-state index contributed by atoms with van der Waals surface area (Å²) >= 11 is 5.94. The van der Waals surface area contributed by atoms with Crippen molar-refractivity contribution in [1.29, 1.82) is 0 Å². The smallest absolute Gasteiger partial charge is 0.125 e. The van der Waals surface area contributed by atoms with Gasteiger partial charge in [-0.15, -0.1) is 11.6 Å². The van der Waals surface area contributed by atoms with Gasteiger partial charge in [0.25, 0.3) is 0 Å². The third kappa shape index (κ3) is 1.42. The normalized spacial score (nSPS) is 18.1. The third-order valence-corrected chi connectivity index (χ3v) is 3.66. The van der Waals surface area contributed by atoms with Crippen LogP contribution in [0.3, 0.4) is 0 Å². The van der Waals surface area contributed by atoms with E-state index in [0.29, 0.717) is 16.7 Å². The number of aromatic hydroxyl groups is 2. The predicted octanol–water partition coefficient (Wildman–Crippen LogP) is 3.00. The molecule has 0 saturated heterocycles. The van der Waals surface area contributed by atoms with Crippen molar-refractivity contribution in [2.75, 3.05) is 17.7 Å². The van der Waals surface area contributed by atoms with Crippen LogP contribution in [0.1, 0.15) is 11.5 Å². The molecule has 0 radical (unpaired) electrons. The van der Waals surface area contributed by atoms with Crippen LogP contribution < -0.4 is 5.32 Å². The van der Waals surface area contributed by atoms with Crippen molar-refractivity contribution < 1.29 is 10.2 Å². The van der Waals surface area contributed by atoms with Crippen molar-refractivity contribution in [2.24, 2.45) is 0 Å². The zero-order valence-corrected chi connectivity index (χ0v) is 9.83. The third-order valence-electron chi connectivity index (χ3n) is 3.29. The summed E-state index contributed by atoms with van der Waals surface area (Å²) in [5.41, 5.74) is 1.87. The number of hydrogen-bond donors (Lipinski definition) is 3. The van der Waals surface area contributed by atoms with E-state index < -0.39 is 0 Å². The Balaban J connectivity index is 2.43. The number of alkyl halides is 1. The molecule has 0 amide bonds. The first-order valence-electron chi connectivity index (χ1n) is 5.49. The molecule has 17 heavy (non-hydrogen) atoms. The van der Waals surface area contributed by atoms with Crippen LogP contribution in [-0.4, -0.2) is 22.6 Å². The van der Waals surface area contributed by atoms with E-state index in [2.05, 4.69) is 5.32 Å². The van der Waals surface area contributed by atoms with Gasteiger partial charge in [-0.2, -0.15) is 0 Å². The van der Waals surface area contributed by atoms with Crippen molar-refractivity contribution in [1.82, 2.24) is 0 Å². The highest BCUT2D eigenvalue weighted by molar-refractivity contribution is 6.19. The Morgan fingerprint density at radius 2 is 2.12 bits per heavy atom. The number of anilines is 1. The number of rotatable bonds is 1. The molecule has 1 atom stereocenters. The number of fused-ring (bicyclic) bond motifs is 3. The van der Waals surface area contributed by atoms with E-state index in [-0.39, 0.29) is 17.4 Å². The molecule has 3 N–H and O–H groups in total. The van der Waals surface area contributed by atoms with E-state index >= 15 is 0 Å². The van der Waals surface area contributed by atoms with Crippen LogP contribution in [-0.2, 0) is 0 Å². The maximum Gasteiger partial charge on any atom is 0.125 e. The number of nitrogens with one attached hydrogen (secondary N) is 1. The molecule has 3 nitrogen and oxygen atoms in total. The summed E-state index contributed by atoms with van der Waals surface area (Å²) in [6.07, 6.45) is 0. The molecule has 1 unspecified atom stereocenters. The summed E-state index contributed by atoms with van der Waals surface area (Å²) in [6.45, 7) is 0.742. The zero-order chi connectivity index (χ0) is 12.0. The summed E-state index contributed by atoms with van der Waals surface area (Å²) in [4.78, 5) is 0. The summed E-state index contributed by atoms with van der Waals surface area (Å²) < 4.78 is 0. The van der Waals surface area contributed by atoms with Gasteiger partial charge in [-0.3, -0.25) is 0 Å². The SMILES string of the molecule is Oc1cc2c(c3c(O)cccc13)C(CCl)CN2. The lowest BCUT2D eigenvalue weighted by molar-refractivity contribution is 0.475. The second-order valence-electron chi connectivity index (χ2n) is 4.29. The Bertz CT molecular complexity index is 597. The quantitative estimate of drug-likeness (QED) is 0.681. The van der Waals surface area contributed by atoms with Crippen LogP contribution in [0.5, 0.6) is 11.5 Å². The molecule has 88 valence electrons. The zero-order valence-electron chi connectivity index (χ0n) is 9.07. The van der Waals surface area contributed by atoms with Crippen LogP contribution in [0.4, 0.5) is 5.69 Å². The van der Waals surface area contributed by atoms with Gasteiger partial charge in [0.1, 0.15) is 11.5 Å². The monoisotopic (exact) mass is 249 g/mol. The van der Waals surface area contributed by atoms with Gasteiger partial charge in [0, 0.05) is 40.9 Å². The lowest BCUT2D eigenvalue weighted by atomic mass is 9.95. The molecule has 0 aliphatic carbocycles. The van der Waals surface area contributed by atoms with Gasteiger partial charge in [0.05, 0.1) is 0 Å². The molecule has 4 heteroatoms. The lowest BCUT2D eigenvalue weighted by Crippen LogP contribution is -2.02. The maximum atomic E-state index is 9.99. The number of hydrogen-bond acceptors (Lipinski definition) is 3. The molecule has 0 aromatic heterocycles. The largest absolute Gasteiger partial charge is 0.507 e. The Labute approximate surface area is 104 Å². The minimum absolute atomic E-state index is 0.170.